The first kappa shape index (κ1) is 15.9. The monoisotopic (exact) mass is 300 g/mol. The number of carbonyl (C=O) groups is 1. The first-order chi connectivity index (χ1) is 10.7. The number of methoxy groups -OCH3 is 1. The molecule has 1 aromatic heterocycles. The number of hydrogen-bond donors (Lipinski definition) is 2. The first-order valence-corrected chi connectivity index (χ1v) is 7.12. The molecule has 0 unspecified atom stereocenters. The van der Waals surface area contributed by atoms with Crippen molar-refractivity contribution in [2.75, 3.05) is 30.9 Å². The minimum absolute atomic E-state index is 0.257. The number of rotatable bonds is 7. The Morgan fingerprint density at radius 1 is 1.27 bits per heavy atom. The van der Waals surface area contributed by atoms with Crippen LogP contribution in [0.15, 0.2) is 36.7 Å². The van der Waals surface area contributed by atoms with Gasteiger partial charge in [0.25, 0.3) is 5.91 Å². The normalized spacial score (nSPS) is 10.3. The van der Waals surface area contributed by atoms with Gasteiger partial charge >= 0.3 is 0 Å². The molecule has 22 heavy (non-hydrogen) atoms. The van der Waals surface area contributed by atoms with Crippen LogP contribution in [0.2, 0.25) is 0 Å². The smallest absolute Gasteiger partial charge is 0.274 e. The van der Waals surface area contributed by atoms with Gasteiger partial charge in [0.1, 0.15) is 17.8 Å². The minimum Gasteiger partial charge on any atom is -0.385 e. The molecule has 116 valence electrons. The van der Waals surface area contributed by atoms with Crippen LogP contribution in [0.25, 0.3) is 0 Å². The van der Waals surface area contributed by atoms with E-state index >= 15 is 0 Å². The Hall–Kier alpha value is -2.47. The predicted octanol–water partition coefficient (Wildman–Crippen LogP) is 2.49. The molecule has 6 heteroatoms. The van der Waals surface area contributed by atoms with Crippen molar-refractivity contribution in [2.24, 2.45) is 0 Å². The molecule has 1 amide bonds. The van der Waals surface area contributed by atoms with E-state index < -0.39 is 0 Å². The van der Waals surface area contributed by atoms with Gasteiger partial charge in [-0.3, -0.25) is 4.79 Å². The summed E-state index contributed by atoms with van der Waals surface area (Å²) in [5.74, 6) is 0.369. The molecule has 0 atom stereocenters. The number of carbonyl (C=O) groups excluding carboxylic acids is 1. The van der Waals surface area contributed by atoms with Gasteiger partial charge in [0.15, 0.2) is 0 Å². The molecule has 1 heterocycles. The highest BCUT2D eigenvalue weighted by atomic mass is 16.5. The Morgan fingerprint density at radius 3 is 2.91 bits per heavy atom. The van der Waals surface area contributed by atoms with Crippen LogP contribution in [0, 0.1) is 6.92 Å². The van der Waals surface area contributed by atoms with Crippen LogP contribution in [0.5, 0.6) is 0 Å². The number of anilines is 2. The summed E-state index contributed by atoms with van der Waals surface area (Å²) < 4.78 is 4.98. The molecule has 0 radical (unpaired) electrons. The lowest BCUT2D eigenvalue weighted by molar-refractivity contribution is 0.102. The number of hydrogen-bond acceptors (Lipinski definition) is 5. The number of aromatic nitrogens is 2. The Labute approximate surface area is 129 Å². The summed E-state index contributed by atoms with van der Waals surface area (Å²) >= 11 is 0. The summed E-state index contributed by atoms with van der Waals surface area (Å²) in [4.78, 5) is 20.3. The third-order valence-electron chi connectivity index (χ3n) is 3.01. The van der Waals surface area contributed by atoms with E-state index in [9.17, 15) is 4.79 Å². The average molecular weight is 300 g/mol. The van der Waals surface area contributed by atoms with Gasteiger partial charge in [-0.15, -0.1) is 0 Å². The van der Waals surface area contributed by atoms with Crippen LogP contribution in [0.1, 0.15) is 22.5 Å². The van der Waals surface area contributed by atoms with E-state index in [1.54, 1.807) is 13.2 Å². The summed E-state index contributed by atoms with van der Waals surface area (Å²) in [6, 6.07) is 9.26. The number of benzene rings is 1. The third-order valence-corrected chi connectivity index (χ3v) is 3.01. The van der Waals surface area contributed by atoms with Crippen LogP contribution in [-0.2, 0) is 4.74 Å². The molecule has 0 aliphatic rings. The molecule has 2 N–H and O–H groups in total. The molecule has 0 saturated carbocycles. The second-order valence-electron chi connectivity index (χ2n) is 4.89. The largest absolute Gasteiger partial charge is 0.385 e. The van der Waals surface area contributed by atoms with Crippen molar-refractivity contribution in [1.82, 2.24) is 9.97 Å². The fourth-order valence-corrected chi connectivity index (χ4v) is 1.93. The molecule has 0 aliphatic heterocycles. The van der Waals surface area contributed by atoms with Crippen LogP contribution in [0.4, 0.5) is 11.5 Å². The molecule has 2 rings (SSSR count). The van der Waals surface area contributed by atoms with Gasteiger partial charge in [-0.1, -0.05) is 12.1 Å². The molecule has 0 spiro atoms. The standard InChI is InChI=1S/C16H20N4O2/c1-12-5-3-6-13(9-12)20-16(21)14-10-15(19-11-18-14)17-7-4-8-22-2/h3,5-6,9-11H,4,7-8H2,1-2H3,(H,20,21)(H,17,18,19). The molecule has 6 nitrogen and oxygen atoms in total. The van der Waals surface area contributed by atoms with E-state index in [1.165, 1.54) is 6.33 Å². The highest BCUT2D eigenvalue weighted by Gasteiger charge is 2.09. The number of nitrogens with one attached hydrogen (secondary N) is 2. The summed E-state index contributed by atoms with van der Waals surface area (Å²) in [5, 5.41) is 5.96. The molecule has 0 bridgehead atoms. The second kappa shape index (κ2) is 8.09. The number of amides is 1. The van der Waals surface area contributed by atoms with Gasteiger partial charge in [0.05, 0.1) is 0 Å². The second-order valence-corrected chi connectivity index (χ2v) is 4.89. The van der Waals surface area contributed by atoms with E-state index in [2.05, 4.69) is 20.6 Å². The maximum atomic E-state index is 12.2. The predicted molar refractivity (Wildman–Crippen MR) is 86.1 cm³/mol. The van der Waals surface area contributed by atoms with Crippen molar-refractivity contribution in [3.63, 3.8) is 0 Å². The molecule has 2 aromatic rings. The van der Waals surface area contributed by atoms with Crippen LogP contribution < -0.4 is 10.6 Å². The Kier molecular flexibility index (Phi) is 5.85. The van der Waals surface area contributed by atoms with E-state index in [0.717, 1.165) is 24.2 Å². The van der Waals surface area contributed by atoms with Crippen molar-refractivity contribution in [3.05, 3.63) is 47.9 Å². The zero-order chi connectivity index (χ0) is 15.8. The number of aryl methyl sites for hydroxylation is 1. The molecule has 0 saturated heterocycles. The number of nitrogens with zero attached hydrogens (tertiary/aromatic N) is 2. The summed E-state index contributed by atoms with van der Waals surface area (Å²) in [6.07, 6.45) is 2.25. The third kappa shape index (κ3) is 4.82. The number of ether oxygens (including phenoxy) is 1. The van der Waals surface area contributed by atoms with E-state index in [0.29, 0.717) is 18.1 Å². The van der Waals surface area contributed by atoms with Gasteiger partial charge in [-0.05, 0) is 31.0 Å². The maximum Gasteiger partial charge on any atom is 0.274 e. The lowest BCUT2D eigenvalue weighted by atomic mass is 10.2. The average Bonchev–Trinajstić information content (AvgIpc) is 2.52. The summed E-state index contributed by atoms with van der Waals surface area (Å²) in [7, 11) is 1.67. The van der Waals surface area contributed by atoms with Gasteiger partial charge in [0.2, 0.25) is 0 Å². The summed E-state index contributed by atoms with van der Waals surface area (Å²) in [5.41, 5.74) is 2.16. The van der Waals surface area contributed by atoms with Gasteiger partial charge in [0, 0.05) is 32.0 Å². The van der Waals surface area contributed by atoms with Crippen LogP contribution >= 0.6 is 0 Å². The minimum atomic E-state index is -0.257. The van der Waals surface area contributed by atoms with E-state index in [-0.39, 0.29) is 5.91 Å². The molecule has 1 aromatic carbocycles. The Balaban J connectivity index is 1.97. The fourth-order valence-electron chi connectivity index (χ4n) is 1.93. The van der Waals surface area contributed by atoms with Crippen molar-refractivity contribution < 1.29 is 9.53 Å². The van der Waals surface area contributed by atoms with Gasteiger partial charge in [-0.25, -0.2) is 9.97 Å². The Bertz CT molecular complexity index is 631. The quantitative estimate of drug-likeness (QED) is 0.768. The highest BCUT2D eigenvalue weighted by Crippen LogP contribution is 2.12. The zero-order valence-electron chi connectivity index (χ0n) is 12.8. The van der Waals surface area contributed by atoms with Gasteiger partial charge < -0.3 is 15.4 Å². The summed E-state index contributed by atoms with van der Waals surface area (Å²) in [6.45, 7) is 3.38. The Morgan fingerprint density at radius 2 is 2.14 bits per heavy atom. The zero-order valence-corrected chi connectivity index (χ0v) is 12.8. The topological polar surface area (TPSA) is 76.1 Å². The maximum absolute atomic E-state index is 12.2. The van der Waals surface area contributed by atoms with Crippen molar-refractivity contribution in [1.29, 1.82) is 0 Å². The molecule has 0 fully saturated rings. The SMILES string of the molecule is COCCCNc1cc(C(=O)Nc2cccc(C)c2)ncn1. The van der Waals surface area contributed by atoms with E-state index in [1.807, 2.05) is 31.2 Å². The van der Waals surface area contributed by atoms with Crippen molar-refractivity contribution >= 4 is 17.4 Å². The van der Waals surface area contributed by atoms with Crippen LogP contribution in [-0.4, -0.2) is 36.1 Å². The van der Waals surface area contributed by atoms with Gasteiger partial charge in [-0.2, -0.15) is 0 Å². The lowest BCUT2D eigenvalue weighted by Gasteiger charge is -2.08. The molecule has 0 aliphatic carbocycles. The lowest BCUT2D eigenvalue weighted by Crippen LogP contribution is -2.15. The molecular weight excluding hydrogens is 280 g/mol. The fraction of sp³-hybridized carbons (Fsp3) is 0.312. The molecular formula is C16H20N4O2. The van der Waals surface area contributed by atoms with Crippen molar-refractivity contribution in [2.45, 2.75) is 13.3 Å². The van der Waals surface area contributed by atoms with E-state index in [4.69, 9.17) is 4.74 Å². The van der Waals surface area contributed by atoms with Crippen LogP contribution in [0.3, 0.4) is 0 Å². The first-order valence-electron chi connectivity index (χ1n) is 7.12. The highest BCUT2D eigenvalue weighted by molar-refractivity contribution is 6.03. The van der Waals surface area contributed by atoms with Crippen molar-refractivity contribution in [3.8, 4) is 0 Å².